The van der Waals surface area contributed by atoms with Crippen LogP contribution in [-0.4, -0.2) is 25.6 Å². The summed E-state index contributed by atoms with van der Waals surface area (Å²) in [7, 11) is 1.46. The number of ether oxygens (including phenoxy) is 2. The molecule has 0 saturated carbocycles. The molecule has 0 radical (unpaired) electrons. The van der Waals surface area contributed by atoms with Crippen LogP contribution in [0.5, 0.6) is 5.75 Å². The van der Waals surface area contributed by atoms with Crippen LogP contribution in [0.4, 0.5) is 4.39 Å². The van der Waals surface area contributed by atoms with Crippen molar-refractivity contribution in [3.8, 4) is 5.75 Å². The van der Waals surface area contributed by atoms with Gasteiger partial charge in [0.2, 0.25) is 0 Å². The van der Waals surface area contributed by atoms with Crippen LogP contribution in [0.25, 0.3) is 0 Å². The van der Waals surface area contributed by atoms with Crippen molar-refractivity contribution in [2.45, 2.75) is 13.0 Å². The first-order chi connectivity index (χ1) is 14.0. The van der Waals surface area contributed by atoms with E-state index in [2.05, 4.69) is 5.32 Å². The first-order valence-electron chi connectivity index (χ1n) is 8.88. The van der Waals surface area contributed by atoms with Gasteiger partial charge in [-0.05, 0) is 48.2 Å². The van der Waals surface area contributed by atoms with E-state index in [1.54, 1.807) is 24.3 Å². The fourth-order valence-corrected chi connectivity index (χ4v) is 3.62. The zero-order chi connectivity index (χ0) is 20.8. The number of aryl methyl sites for hydroxylation is 1. The lowest BCUT2D eigenvalue weighted by Crippen LogP contribution is -2.32. The summed E-state index contributed by atoms with van der Waals surface area (Å²) in [4.78, 5) is 25.7. The van der Waals surface area contributed by atoms with Gasteiger partial charge in [0.25, 0.3) is 5.91 Å². The van der Waals surface area contributed by atoms with E-state index in [4.69, 9.17) is 9.47 Å². The maximum atomic E-state index is 13.3. The van der Waals surface area contributed by atoms with Crippen LogP contribution in [-0.2, 0) is 9.53 Å². The molecule has 0 fully saturated rings. The lowest BCUT2D eigenvalue weighted by Gasteiger charge is -2.18. The molecule has 5 nitrogen and oxygen atoms in total. The molecule has 1 aromatic heterocycles. The van der Waals surface area contributed by atoms with Gasteiger partial charge < -0.3 is 14.8 Å². The van der Waals surface area contributed by atoms with Gasteiger partial charge in [-0.1, -0.05) is 29.8 Å². The number of carbonyl (C=O) groups excluding carboxylic acids is 2. The second-order valence-electron chi connectivity index (χ2n) is 6.35. The predicted molar refractivity (Wildman–Crippen MR) is 109 cm³/mol. The van der Waals surface area contributed by atoms with Gasteiger partial charge in [-0.25, -0.2) is 9.18 Å². The number of amides is 1. The van der Waals surface area contributed by atoms with Crippen molar-refractivity contribution < 1.29 is 23.5 Å². The quantitative estimate of drug-likeness (QED) is 0.588. The van der Waals surface area contributed by atoms with Crippen molar-refractivity contribution in [1.29, 1.82) is 0 Å². The molecule has 0 aliphatic rings. The van der Waals surface area contributed by atoms with Crippen molar-refractivity contribution >= 4 is 23.2 Å². The van der Waals surface area contributed by atoms with E-state index in [9.17, 15) is 14.0 Å². The highest BCUT2D eigenvalue weighted by molar-refractivity contribution is 7.10. The molecule has 150 valence electrons. The Morgan fingerprint density at radius 2 is 1.90 bits per heavy atom. The molecule has 1 heterocycles. The van der Waals surface area contributed by atoms with Gasteiger partial charge in [0, 0.05) is 4.88 Å². The zero-order valence-electron chi connectivity index (χ0n) is 16.0. The molecule has 29 heavy (non-hydrogen) atoms. The molecule has 1 atom stereocenters. The molecule has 0 aliphatic heterocycles. The average Bonchev–Trinajstić information content (AvgIpc) is 3.25. The molecule has 0 bridgehead atoms. The maximum Gasteiger partial charge on any atom is 0.342 e. The standard InChI is InChI=1S/C22H20FNO4S/c1-14-5-10-18(27-2)17(12-14)22(26)28-13-20(25)24-21(19-4-3-11-29-19)15-6-8-16(23)9-7-15/h3-12,21H,13H2,1-2H3,(H,24,25)/t21-/m1/s1. The molecule has 1 N–H and O–H groups in total. The van der Waals surface area contributed by atoms with Gasteiger partial charge in [-0.15, -0.1) is 11.3 Å². The highest BCUT2D eigenvalue weighted by Crippen LogP contribution is 2.26. The number of thiophene rings is 1. The van der Waals surface area contributed by atoms with Gasteiger partial charge in [0.15, 0.2) is 6.61 Å². The first-order valence-corrected chi connectivity index (χ1v) is 9.76. The summed E-state index contributed by atoms with van der Waals surface area (Å²) >= 11 is 1.47. The van der Waals surface area contributed by atoms with E-state index in [1.807, 2.05) is 30.5 Å². The van der Waals surface area contributed by atoms with Gasteiger partial charge in [-0.2, -0.15) is 0 Å². The zero-order valence-corrected chi connectivity index (χ0v) is 16.8. The van der Waals surface area contributed by atoms with Crippen molar-refractivity contribution in [2.24, 2.45) is 0 Å². The van der Waals surface area contributed by atoms with Gasteiger partial charge in [0.05, 0.1) is 13.2 Å². The molecule has 0 spiro atoms. The molecule has 2 aromatic carbocycles. The predicted octanol–water partition coefficient (Wildman–Crippen LogP) is 4.27. The Balaban J connectivity index is 1.69. The molecular formula is C22H20FNO4S. The largest absolute Gasteiger partial charge is 0.496 e. The van der Waals surface area contributed by atoms with Crippen molar-refractivity contribution in [3.05, 3.63) is 87.4 Å². The number of benzene rings is 2. The smallest absolute Gasteiger partial charge is 0.342 e. The summed E-state index contributed by atoms with van der Waals surface area (Å²) in [6.45, 7) is 1.40. The van der Waals surface area contributed by atoms with E-state index < -0.39 is 24.5 Å². The van der Waals surface area contributed by atoms with Crippen LogP contribution in [0.1, 0.15) is 32.4 Å². The molecule has 7 heteroatoms. The van der Waals surface area contributed by atoms with E-state index >= 15 is 0 Å². The van der Waals surface area contributed by atoms with Crippen LogP contribution in [0, 0.1) is 12.7 Å². The lowest BCUT2D eigenvalue weighted by atomic mass is 10.1. The number of methoxy groups -OCH3 is 1. The van der Waals surface area contributed by atoms with Gasteiger partial charge in [-0.3, -0.25) is 4.79 Å². The third-order valence-corrected chi connectivity index (χ3v) is 5.18. The number of esters is 1. The third kappa shape index (κ3) is 5.20. The Hall–Kier alpha value is -3.19. The molecule has 0 aliphatic carbocycles. The summed E-state index contributed by atoms with van der Waals surface area (Å²) in [6, 6.07) is 14.3. The second-order valence-corrected chi connectivity index (χ2v) is 7.33. The minimum atomic E-state index is -0.643. The van der Waals surface area contributed by atoms with Crippen LogP contribution in [0.2, 0.25) is 0 Å². The Morgan fingerprint density at radius 3 is 2.55 bits per heavy atom. The van der Waals surface area contributed by atoms with Crippen molar-refractivity contribution in [1.82, 2.24) is 5.32 Å². The van der Waals surface area contributed by atoms with E-state index in [0.717, 1.165) is 16.0 Å². The second kappa shape index (κ2) is 9.34. The molecule has 1 amide bonds. The number of halogens is 1. The Morgan fingerprint density at radius 1 is 1.14 bits per heavy atom. The molecule has 3 aromatic rings. The van der Waals surface area contributed by atoms with E-state index in [1.165, 1.54) is 30.6 Å². The van der Waals surface area contributed by atoms with Crippen LogP contribution < -0.4 is 10.1 Å². The summed E-state index contributed by atoms with van der Waals surface area (Å²) in [5.74, 6) is -1.09. The third-order valence-electron chi connectivity index (χ3n) is 4.25. The minimum absolute atomic E-state index is 0.258. The van der Waals surface area contributed by atoms with E-state index in [0.29, 0.717) is 5.75 Å². The summed E-state index contributed by atoms with van der Waals surface area (Å²) in [5.41, 5.74) is 1.86. The number of hydrogen-bond donors (Lipinski definition) is 1. The minimum Gasteiger partial charge on any atom is -0.496 e. The monoisotopic (exact) mass is 413 g/mol. The van der Waals surface area contributed by atoms with Crippen LogP contribution in [0.15, 0.2) is 60.0 Å². The first kappa shape index (κ1) is 20.5. The fraction of sp³-hybridized carbons (Fsp3) is 0.182. The molecule has 0 unspecified atom stereocenters. The SMILES string of the molecule is COc1ccc(C)cc1C(=O)OCC(=O)N[C@H](c1ccc(F)cc1)c1cccs1. The van der Waals surface area contributed by atoms with Crippen molar-refractivity contribution in [2.75, 3.05) is 13.7 Å². The summed E-state index contributed by atoms with van der Waals surface area (Å²) < 4.78 is 23.6. The molecule has 0 saturated heterocycles. The van der Waals surface area contributed by atoms with Crippen molar-refractivity contribution in [3.63, 3.8) is 0 Å². The molecular weight excluding hydrogens is 393 g/mol. The summed E-state index contributed by atoms with van der Waals surface area (Å²) in [5, 5.41) is 4.73. The highest BCUT2D eigenvalue weighted by atomic mass is 32.1. The molecule has 3 rings (SSSR count). The number of nitrogens with one attached hydrogen (secondary N) is 1. The average molecular weight is 413 g/mol. The summed E-state index contributed by atoms with van der Waals surface area (Å²) in [6.07, 6.45) is 0. The maximum absolute atomic E-state index is 13.3. The number of rotatable bonds is 7. The van der Waals surface area contributed by atoms with E-state index in [-0.39, 0.29) is 11.4 Å². The highest BCUT2D eigenvalue weighted by Gasteiger charge is 2.20. The Kier molecular flexibility index (Phi) is 6.61. The lowest BCUT2D eigenvalue weighted by molar-refractivity contribution is -0.124. The van der Waals surface area contributed by atoms with Crippen LogP contribution in [0.3, 0.4) is 0 Å². The Labute approximate surface area is 172 Å². The Bertz CT molecular complexity index is 987. The van der Waals surface area contributed by atoms with Crippen LogP contribution >= 0.6 is 11.3 Å². The van der Waals surface area contributed by atoms with Gasteiger partial charge in [0.1, 0.15) is 17.1 Å². The van der Waals surface area contributed by atoms with Gasteiger partial charge >= 0.3 is 5.97 Å². The fourth-order valence-electron chi connectivity index (χ4n) is 2.82. The normalized spacial score (nSPS) is 11.6. The topological polar surface area (TPSA) is 64.6 Å². The number of hydrogen-bond acceptors (Lipinski definition) is 5. The number of carbonyl (C=O) groups is 2.